The Labute approximate surface area is 98.3 Å². The van der Waals surface area contributed by atoms with Crippen LogP contribution in [0.25, 0.3) is 0 Å². The van der Waals surface area contributed by atoms with Crippen LogP contribution in [-0.4, -0.2) is 11.2 Å². The van der Waals surface area contributed by atoms with Crippen LogP contribution in [0, 0.1) is 12.3 Å². The molecule has 1 aromatic carbocycles. The van der Waals surface area contributed by atoms with Crippen molar-refractivity contribution in [2.75, 3.05) is 0 Å². The van der Waals surface area contributed by atoms with Crippen molar-refractivity contribution in [1.29, 1.82) is 0 Å². The number of hydrogen-bond donors (Lipinski definition) is 1. The quantitative estimate of drug-likeness (QED) is 0.805. The van der Waals surface area contributed by atoms with Gasteiger partial charge in [-0.2, -0.15) is 13.2 Å². The maximum atomic E-state index is 12.4. The Morgan fingerprint density at radius 1 is 1.35 bits per heavy atom. The first-order valence-corrected chi connectivity index (χ1v) is 5.21. The molecule has 0 aliphatic carbocycles. The summed E-state index contributed by atoms with van der Waals surface area (Å²) in [5, 5.41) is 9.55. The molecule has 0 radical (unpaired) electrons. The smallest absolute Gasteiger partial charge is 0.393 e. The Kier molecular flexibility index (Phi) is 4.59. The van der Waals surface area contributed by atoms with E-state index in [0.717, 1.165) is 12.1 Å². The fourth-order valence-corrected chi connectivity index (χ4v) is 1.50. The summed E-state index contributed by atoms with van der Waals surface area (Å²) in [6, 6.07) is 4.97. The highest BCUT2D eigenvalue weighted by Crippen LogP contribution is 2.29. The molecule has 0 bridgehead atoms. The molecule has 1 aromatic rings. The van der Waals surface area contributed by atoms with Gasteiger partial charge in [-0.1, -0.05) is 18.2 Å². The molecule has 4 heteroatoms. The third kappa shape index (κ3) is 4.49. The van der Waals surface area contributed by atoms with Crippen molar-refractivity contribution in [1.82, 2.24) is 0 Å². The van der Waals surface area contributed by atoms with Crippen LogP contribution in [0.15, 0.2) is 24.3 Å². The van der Waals surface area contributed by atoms with Crippen LogP contribution < -0.4 is 0 Å². The van der Waals surface area contributed by atoms with E-state index in [1.54, 1.807) is 6.07 Å². The normalized spacial score (nSPS) is 13.1. The molecule has 0 fully saturated rings. The minimum Gasteiger partial charge on any atom is -0.393 e. The molecule has 0 spiro atoms. The lowest BCUT2D eigenvalue weighted by molar-refractivity contribution is -0.137. The Morgan fingerprint density at radius 2 is 2.06 bits per heavy atom. The van der Waals surface area contributed by atoms with Crippen molar-refractivity contribution in [3.05, 3.63) is 35.4 Å². The van der Waals surface area contributed by atoms with E-state index < -0.39 is 17.8 Å². The Hall–Kier alpha value is -1.47. The number of hydrogen-bond acceptors (Lipinski definition) is 1. The summed E-state index contributed by atoms with van der Waals surface area (Å²) in [7, 11) is 0. The summed E-state index contributed by atoms with van der Waals surface area (Å²) < 4.78 is 37.3. The average molecular weight is 242 g/mol. The molecule has 0 aliphatic rings. The van der Waals surface area contributed by atoms with Gasteiger partial charge in [0.05, 0.1) is 11.7 Å². The van der Waals surface area contributed by atoms with Crippen LogP contribution in [-0.2, 0) is 12.6 Å². The number of aliphatic hydroxyl groups excluding tert-OH is 1. The monoisotopic (exact) mass is 242 g/mol. The third-order valence-corrected chi connectivity index (χ3v) is 2.35. The van der Waals surface area contributed by atoms with E-state index in [-0.39, 0.29) is 6.42 Å². The van der Waals surface area contributed by atoms with E-state index in [9.17, 15) is 18.3 Å². The lowest BCUT2D eigenvalue weighted by Gasteiger charge is -2.11. The number of aliphatic hydroxyl groups is 1. The summed E-state index contributed by atoms with van der Waals surface area (Å²) in [5.74, 6) is 2.38. The van der Waals surface area contributed by atoms with Gasteiger partial charge in [-0.05, 0) is 24.5 Å². The summed E-state index contributed by atoms with van der Waals surface area (Å²) in [5.41, 5.74) is -0.233. The number of benzene rings is 1. The van der Waals surface area contributed by atoms with Crippen molar-refractivity contribution in [2.45, 2.75) is 31.5 Å². The van der Waals surface area contributed by atoms with E-state index in [4.69, 9.17) is 6.42 Å². The molecule has 0 amide bonds. The predicted molar refractivity (Wildman–Crippen MR) is 59.2 cm³/mol. The first-order valence-electron chi connectivity index (χ1n) is 5.21. The first-order chi connectivity index (χ1) is 7.93. The van der Waals surface area contributed by atoms with E-state index in [1.807, 2.05) is 0 Å². The second-order valence-electron chi connectivity index (χ2n) is 3.80. The van der Waals surface area contributed by atoms with Gasteiger partial charge in [0, 0.05) is 6.42 Å². The summed E-state index contributed by atoms with van der Waals surface area (Å²) >= 11 is 0. The third-order valence-electron chi connectivity index (χ3n) is 2.35. The first kappa shape index (κ1) is 13.6. The van der Waals surface area contributed by atoms with Gasteiger partial charge in [-0.3, -0.25) is 0 Å². The Bertz CT molecular complexity index is 404. The minimum atomic E-state index is -4.35. The highest BCUT2D eigenvalue weighted by molar-refractivity contribution is 5.26. The lowest BCUT2D eigenvalue weighted by Crippen LogP contribution is -2.11. The molecule has 92 valence electrons. The van der Waals surface area contributed by atoms with E-state index in [2.05, 4.69) is 5.92 Å². The van der Waals surface area contributed by atoms with Gasteiger partial charge in [0.25, 0.3) is 0 Å². The Balaban J connectivity index is 2.70. The molecule has 1 atom stereocenters. The molecule has 1 nitrogen and oxygen atoms in total. The van der Waals surface area contributed by atoms with Gasteiger partial charge < -0.3 is 5.11 Å². The highest BCUT2D eigenvalue weighted by atomic mass is 19.4. The minimum absolute atomic E-state index is 0.186. The molecule has 0 heterocycles. The lowest BCUT2D eigenvalue weighted by atomic mass is 10.0. The second kappa shape index (κ2) is 5.74. The number of terminal acetylenes is 1. The zero-order chi connectivity index (χ0) is 12.9. The number of halogens is 3. The van der Waals surface area contributed by atoms with E-state index >= 15 is 0 Å². The molecule has 1 N–H and O–H groups in total. The molecule has 17 heavy (non-hydrogen) atoms. The molecule has 0 aromatic heterocycles. The largest absolute Gasteiger partial charge is 0.416 e. The van der Waals surface area contributed by atoms with E-state index in [0.29, 0.717) is 18.4 Å². The highest BCUT2D eigenvalue weighted by Gasteiger charge is 2.30. The standard InChI is InChI=1S/C13H13F3O/c1-2-3-7-12(17)9-10-5-4-6-11(8-10)13(14,15)16/h1,4-6,8,12,17H,3,7,9H2. The SMILES string of the molecule is C#CCCC(O)Cc1cccc(C(F)(F)F)c1. The maximum absolute atomic E-state index is 12.4. The van der Waals surface area contributed by atoms with Crippen LogP contribution in [0.1, 0.15) is 24.0 Å². The number of rotatable bonds is 4. The van der Waals surface area contributed by atoms with Crippen LogP contribution in [0.5, 0.6) is 0 Å². The van der Waals surface area contributed by atoms with Crippen LogP contribution >= 0.6 is 0 Å². The average Bonchev–Trinajstić information content (AvgIpc) is 2.25. The van der Waals surface area contributed by atoms with Gasteiger partial charge >= 0.3 is 6.18 Å². The molecule has 1 rings (SSSR count). The number of alkyl halides is 3. The van der Waals surface area contributed by atoms with Crippen LogP contribution in [0.2, 0.25) is 0 Å². The fraction of sp³-hybridized carbons (Fsp3) is 0.385. The van der Waals surface area contributed by atoms with Gasteiger partial charge in [-0.25, -0.2) is 0 Å². The van der Waals surface area contributed by atoms with Crippen LogP contribution in [0.3, 0.4) is 0 Å². The zero-order valence-corrected chi connectivity index (χ0v) is 9.17. The molecule has 0 aliphatic heterocycles. The van der Waals surface area contributed by atoms with Crippen molar-refractivity contribution in [2.24, 2.45) is 0 Å². The zero-order valence-electron chi connectivity index (χ0n) is 9.17. The summed E-state index contributed by atoms with van der Waals surface area (Å²) in [4.78, 5) is 0. The molecular weight excluding hydrogens is 229 g/mol. The summed E-state index contributed by atoms with van der Waals surface area (Å²) in [6.07, 6.45) is 0.993. The molecule has 0 saturated carbocycles. The molecule has 0 saturated heterocycles. The van der Waals surface area contributed by atoms with Crippen molar-refractivity contribution >= 4 is 0 Å². The van der Waals surface area contributed by atoms with Gasteiger partial charge in [0.15, 0.2) is 0 Å². The van der Waals surface area contributed by atoms with Crippen molar-refractivity contribution < 1.29 is 18.3 Å². The van der Waals surface area contributed by atoms with E-state index in [1.165, 1.54) is 6.07 Å². The van der Waals surface area contributed by atoms with Gasteiger partial charge in [-0.15, -0.1) is 12.3 Å². The predicted octanol–water partition coefficient (Wildman–Crippen LogP) is 3.02. The second-order valence-corrected chi connectivity index (χ2v) is 3.80. The molecular formula is C13H13F3O. The van der Waals surface area contributed by atoms with Gasteiger partial charge in [0.1, 0.15) is 0 Å². The van der Waals surface area contributed by atoms with Crippen molar-refractivity contribution in [3.63, 3.8) is 0 Å². The Morgan fingerprint density at radius 3 is 2.65 bits per heavy atom. The van der Waals surface area contributed by atoms with Crippen molar-refractivity contribution in [3.8, 4) is 12.3 Å². The fourth-order valence-electron chi connectivity index (χ4n) is 1.50. The maximum Gasteiger partial charge on any atom is 0.416 e. The van der Waals surface area contributed by atoms with Gasteiger partial charge in [0.2, 0.25) is 0 Å². The summed E-state index contributed by atoms with van der Waals surface area (Å²) in [6.45, 7) is 0. The molecule has 1 unspecified atom stereocenters. The topological polar surface area (TPSA) is 20.2 Å². The van der Waals surface area contributed by atoms with Crippen LogP contribution in [0.4, 0.5) is 13.2 Å².